The number of benzene rings is 2. The first kappa shape index (κ1) is 32.3. The van der Waals surface area contributed by atoms with E-state index in [9.17, 15) is 35.2 Å². The van der Waals surface area contributed by atoms with Crippen LogP contribution in [0.1, 0.15) is 72.3 Å². The number of carbonyl (C=O) groups excluding carboxylic acids is 1. The van der Waals surface area contributed by atoms with Gasteiger partial charge in [-0.15, -0.1) is 0 Å². The zero-order valence-electron chi connectivity index (χ0n) is 25.6. The maximum atomic E-state index is 14.7. The van der Waals surface area contributed by atoms with Gasteiger partial charge in [-0.05, 0) is 111 Å². The standard InChI is InChI=1S/C35H31F5N4O3S/c36-25-6-11-27(12-7-25)43-32-18-23-5-10-29(44(28-3-1-2-4-28)48(46,47)30-13-8-26(37)9-14-30)20-34(23,19-22(32)21-42-43)33(45)31-17-24(15-16-41-31)35(38,39)40/h6-9,11-18,21,28-29H,1-5,10,19-20H2/t29-,34-/m0/s1. The molecule has 2 aromatic heterocycles. The third-order valence-electron chi connectivity index (χ3n) is 9.89. The molecule has 250 valence electrons. The molecule has 0 unspecified atom stereocenters. The number of hydrogen-bond donors (Lipinski definition) is 0. The van der Waals surface area contributed by atoms with E-state index in [1.807, 2.05) is 6.08 Å². The molecule has 0 saturated heterocycles. The van der Waals surface area contributed by atoms with E-state index in [-0.39, 0.29) is 35.9 Å². The molecule has 7 rings (SSSR count). The highest BCUT2D eigenvalue weighted by molar-refractivity contribution is 7.89. The smallest absolute Gasteiger partial charge is 0.291 e. The van der Waals surface area contributed by atoms with Crippen LogP contribution in [0.2, 0.25) is 0 Å². The summed E-state index contributed by atoms with van der Waals surface area (Å²) < 4.78 is 101. The third-order valence-corrected chi connectivity index (χ3v) is 11.9. The summed E-state index contributed by atoms with van der Waals surface area (Å²) in [6, 6.07) is 10.9. The molecule has 0 bridgehead atoms. The van der Waals surface area contributed by atoms with Crippen molar-refractivity contribution in [3.05, 3.63) is 113 Å². The van der Waals surface area contributed by atoms with Crippen LogP contribution in [0.4, 0.5) is 22.0 Å². The molecule has 3 aliphatic carbocycles. The summed E-state index contributed by atoms with van der Waals surface area (Å²) in [5, 5.41) is 4.51. The molecule has 2 heterocycles. The SMILES string of the molecule is O=C(c1cc(C(F)(F)F)ccn1)[C@]12Cc3cnn(-c4ccc(F)cc4)c3C=C1CC[C@H](N(C1CCCC1)S(=O)(=O)c1ccc(F)cc1)C2. The molecule has 2 saturated carbocycles. The van der Waals surface area contributed by atoms with Crippen LogP contribution >= 0.6 is 0 Å². The molecule has 0 amide bonds. The van der Waals surface area contributed by atoms with E-state index in [4.69, 9.17) is 0 Å². The van der Waals surface area contributed by atoms with E-state index in [2.05, 4.69) is 10.1 Å². The molecular formula is C35H31F5N4O3S. The van der Waals surface area contributed by atoms with E-state index < -0.39 is 50.6 Å². The summed E-state index contributed by atoms with van der Waals surface area (Å²) >= 11 is 0. The van der Waals surface area contributed by atoms with Crippen molar-refractivity contribution in [3.8, 4) is 5.69 Å². The first-order valence-corrected chi connectivity index (χ1v) is 17.2. The second-order valence-electron chi connectivity index (χ2n) is 12.8. The van der Waals surface area contributed by atoms with E-state index in [1.165, 1.54) is 28.6 Å². The number of allylic oxidation sites excluding steroid dienone is 1. The molecule has 2 fully saturated rings. The van der Waals surface area contributed by atoms with E-state index in [0.717, 1.165) is 43.3 Å². The summed E-state index contributed by atoms with van der Waals surface area (Å²) in [5.41, 5.74) is -0.273. The average Bonchev–Trinajstić information content (AvgIpc) is 3.74. The number of ketones is 1. The van der Waals surface area contributed by atoms with Crippen LogP contribution in [0, 0.1) is 17.0 Å². The van der Waals surface area contributed by atoms with Gasteiger partial charge in [0.2, 0.25) is 10.0 Å². The van der Waals surface area contributed by atoms with Crippen molar-refractivity contribution in [1.82, 2.24) is 19.1 Å². The second-order valence-corrected chi connectivity index (χ2v) is 14.6. The molecule has 0 radical (unpaired) electrons. The number of carbonyl (C=O) groups is 1. The molecule has 7 nitrogen and oxygen atoms in total. The Balaban J connectivity index is 1.35. The molecule has 4 aromatic rings. The van der Waals surface area contributed by atoms with E-state index >= 15 is 0 Å². The number of sulfonamides is 1. The fourth-order valence-electron chi connectivity index (χ4n) is 7.64. The van der Waals surface area contributed by atoms with Gasteiger partial charge in [-0.1, -0.05) is 18.4 Å². The molecule has 2 aromatic carbocycles. The van der Waals surface area contributed by atoms with Crippen LogP contribution in [-0.4, -0.2) is 45.4 Å². The van der Waals surface area contributed by atoms with Gasteiger partial charge in [0.1, 0.15) is 17.3 Å². The van der Waals surface area contributed by atoms with Crippen LogP contribution < -0.4 is 0 Å². The molecule has 0 N–H and O–H groups in total. The number of aromatic nitrogens is 3. The molecular weight excluding hydrogens is 651 g/mol. The van der Waals surface area contributed by atoms with Gasteiger partial charge in [-0.25, -0.2) is 21.9 Å². The number of rotatable bonds is 7. The Morgan fingerprint density at radius 2 is 1.58 bits per heavy atom. The number of nitrogens with zero attached hydrogens (tertiary/aromatic N) is 4. The largest absolute Gasteiger partial charge is 0.416 e. The van der Waals surface area contributed by atoms with Gasteiger partial charge in [-0.2, -0.15) is 22.6 Å². The Labute approximate surface area is 274 Å². The summed E-state index contributed by atoms with van der Waals surface area (Å²) in [4.78, 5) is 18.7. The van der Waals surface area contributed by atoms with E-state index in [1.54, 1.807) is 23.0 Å². The van der Waals surface area contributed by atoms with Crippen molar-refractivity contribution in [3.63, 3.8) is 0 Å². The minimum Gasteiger partial charge on any atom is -0.291 e. The first-order chi connectivity index (χ1) is 22.9. The minimum absolute atomic E-state index is 0.00762. The normalized spacial score (nSPS) is 21.5. The quantitative estimate of drug-likeness (QED) is 0.148. The average molecular weight is 683 g/mol. The van der Waals surface area contributed by atoms with Crippen LogP contribution in [0.25, 0.3) is 11.8 Å². The zero-order chi connectivity index (χ0) is 33.8. The predicted molar refractivity (Wildman–Crippen MR) is 167 cm³/mol. The van der Waals surface area contributed by atoms with Crippen LogP contribution in [0.3, 0.4) is 0 Å². The lowest BCUT2D eigenvalue weighted by Gasteiger charge is -2.47. The van der Waals surface area contributed by atoms with Gasteiger partial charge in [0.25, 0.3) is 0 Å². The Bertz CT molecular complexity index is 2000. The zero-order valence-corrected chi connectivity index (χ0v) is 26.4. The highest BCUT2D eigenvalue weighted by Crippen LogP contribution is 2.52. The fourth-order valence-corrected chi connectivity index (χ4v) is 9.54. The fraction of sp³-hybridized carbons (Fsp3) is 0.343. The van der Waals surface area contributed by atoms with Crippen molar-refractivity contribution in [1.29, 1.82) is 0 Å². The Morgan fingerprint density at radius 1 is 0.917 bits per heavy atom. The number of fused-ring (bicyclic) bond motifs is 2. The molecule has 13 heteroatoms. The summed E-state index contributed by atoms with van der Waals surface area (Å²) in [7, 11) is -4.15. The topological polar surface area (TPSA) is 85.2 Å². The lowest BCUT2D eigenvalue weighted by Crippen LogP contribution is -2.53. The van der Waals surface area contributed by atoms with Crippen LogP contribution in [0.5, 0.6) is 0 Å². The lowest BCUT2D eigenvalue weighted by molar-refractivity contribution is -0.137. The summed E-state index contributed by atoms with van der Waals surface area (Å²) in [5.74, 6) is -1.63. The summed E-state index contributed by atoms with van der Waals surface area (Å²) in [6.45, 7) is 0. The van der Waals surface area contributed by atoms with Crippen molar-refractivity contribution in [2.75, 3.05) is 0 Å². The van der Waals surface area contributed by atoms with Gasteiger partial charge >= 0.3 is 6.18 Å². The highest BCUT2D eigenvalue weighted by Gasteiger charge is 2.53. The van der Waals surface area contributed by atoms with Gasteiger partial charge in [-0.3, -0.25) is 9.78 Å². The van der Waals surface area contributed by atoms with Gasteiger partial charge in [0.05, 0.1) is 33.5 Å². The molecule has 0 spiro atoms. The van der Waals surface area contributed by atoms with Crippen molar-refractivity contribution < 1.29 is 35.2 Å². The Kier molecular flexibility index (Phi) is 8.10. The lowest BCUT2D eigenvalue weighted by atomic mass is 9.60. The molecule has 2 atom stereocenters. The van der Waals surface area contributed by atoms with Gasteiger partial charge < -0.3 is 0 Å². The minimum atomic E-state index is -4.71. The Morgan fingerprint density at radius 3 is 2.25 bits per heavy atom. The second kappa shape index (κ2) is 12.0. The van der Waals surface area contributed by atoms with Crippen LogP contribution in [-0.2, 0) is 22.6 Å². The molecule has 0 aliphatic heterocycles. The monoisotopic (exact) mass is 682 g/mol. The van der Waals surface area contributed by atoms with Crippen LogP contribution in [0.15, 0.2) is 83.5 Å². The Hall–Kier alpha value is -4.23. The van der Waals surface area contributed by atoms with Crippen molar-refractivity contribution in [2.24, 2.45) is 5.41 Å². The number of alkyl halides is 3. The highest BCUT2D eigenvalue weighted by atomic mass is 32.2. The maximum Gasteiger partial charge on any atom is 0.416 e. The maximum absolute atomic E-state index is 14.7. The van der Waals surface area contributed by atoms with E-state index in [0.29, 0.717) is 41.8 Å². The third kappa shape index (κ3) is 5.66. The summed E-state index contributed by atoms with van der Waals surface area (Å²) in [6.07, 6.45) is 3.21. The van der Waals surface area contributed by atoms with Gasteiger partial charge in [0, 0.05) is 18.3 Å². The predicted octanol–water partition coefficient (Wildman–Crippen LogP) is 7.56. The number of hydrogen-bond acceptors (Lipinski definition) is 5. The van der Waals surface area contributed by atoms with Gasteiger partial charge in [0.15, 0.2) is 5.78 Å². The molecule has 3 aliphatic rings. The van der Waals surface area contributed by atoms with Crippen molar-refractivity contribution >= 4 is 21.9 Å². The van der Waals surface area contributed by atoms with Crippen molar-refractivity contribution in [2.45, 2.75) is 74.5 Å². The molecule has 48 heavy (non-hydrogen) atoms. The number of pyridine rings is 1. The first-order valence-electron chi connectivity index (χ1n) is 15.8. The number of Topliss-reactive ketones (excluding diaryl/α,β-unsaturated/α-hetero) is 1. The number of halogens is 5.